The number of pyridine rings is 1. The van der Waals surface area contributed by atoms with Gasteiger partial charge in [0.05, 0.1) is 33.7 Å². The van der Waals surface area contributed by atoms with Crippen molar-refractivity contribution in [2.24, 2.45) is 5.41 Å². The van der Waals surface area contributed by atoms with E-state index in [9.17, 15) is 23.9 Å². The minimum Gasteiger partial charge on any atom is -0.477 e. The molecule has 0 radical (unpaired) electrons. The molecule has 3 unspecified atom stereocenters. The first-order valence-electron chi connectivity index (χ1n) is 11.5. The Morgan fingerprint density at radius 2 is 1.97 bits per heavy atom. The molecular weight excluding hydrogens is 484 g/mol. The van der Waals surface area contributed by atoms with Crippen LogP contribution in [0.25, 0.3) is 10.9 Å². The Kier molecular flexibility index (Phi) is 5.32. The number of anilines is 1. The summed E-state index contributed by atoms with van der Waals surface area (Å²) in [7, 11) is 0. The van der Waals surface area contributed by atoms with Gasteiger partial charge >= 0.3 is 12.1 Å². The number of nitrogens with zero attached hydrogens (tertiary/aromatic N) is 2. The SMILES string of the molecule is CC(C)(C)OC(=O)NC1CN(c2c(F)cc3c(=O)c(C(=O)O)cn(C4CC4F)c3c2Cl)CC12CC2. The molecule has 2 N–H and O–H groups in total. The number of ether oxygens (including phenoxy) is 1. The first-order valence-corrected chi connectivity index (χ1v) is 11.9. The average molecular weight is 510 g/mol. The highest BCUT2D eigenvalue weighted by molar-refractivity contribution is 6.38. The van der Waals surface area contributed by atoms with E-state index in [1.54, 1.807) is 25.7 Å². The smallest absolute Gasteiger partial charge is 0.407 e. The number of carbonyl (C=O) groups is 2. The lowest BCUT2D eigenvalue weighted by Crippen LogP contribution is -2.44. The highest BCUT2D eigenvalue weighted by Gasteiger charge is 2.56. The Hall–Kier alpha value is -2.88. The summed E-state index contributed by atoms with van der Waals surface area (Å²) in [5.41, 5.74) is -2.20. The van der Waals surface area contributed by atoms with Gasteiger partial charge in [-0.1, -0.05) is 11.6 Å². The highest BCUT2D eigenvalue weighted by Crippen LogP contribution is 2.55. The molecule has 8 nitrogen and oxygen atoms in total. The number of aromatic carboxylic acids is 1. The molecule has 1 aliphatic heterocycles. The van der Waals surface area contributed by atoms with Crippen LogP contribution in [0.1, 0.15) is 56.4 Å². The normalized spacial score (nSPS) is 24.6. The Bertz CT molecular complexity index is 1320. The van der Waals surface area contributed by atoms with Crippen molar-refractivity contribution >= 4 is 40.3 Å². The fourth-order valence-electron chi connectivity index (χ4n) is 5.03. The lowest BCUT2D eigenvalue weighted by molar-refractivity contribution is 0.0493. The number of hydrogen-bond donors (Lipinski definition) is 2. The van der Waals surface area contributed by atoms with Crippen molar-refractivity contribution < 1.29 is 28.2 Å². The number of fused-ring (bicyclic) bond motifs is 1. The molecule has 2 aliphatic carbocycles. The van der Waals surface area contributed by atoms with E-state index >= 15 is 4.39 Å². The van der Waals surface area contributed by atoms with Crippen molar-refractivity contribution in [2.45, 2.75) is 63.9 Å². The molecule has 2 saturated carbocycles. The second-order valence-electron chi connectivity index (χ2n) is 10.8. The molecule has 2 heterocycles. The standard InChI is InChI=1S/C24H26ClF2N3O5/c1-23(2,3)35-22(34)28-16-9-29(10-24(16)4-5-24)19-14(27)6-11-18(17(19)25)30(15-7-13(15)26)8-12(20(11)31)21(32)33/h6,8,13,15-16H,4-5,7,9-10H2,1-3H3,(H,28,34)(H,32,33). The fourth-order valence-corrected chi connectivity index (χ4v) is 5.44. The number of nitrogens with one attached hydrogen (secondary N) is 1. The van der Waals surface area contributed by atoms with Crippen molar-refractivity contribution in [3.05, 3.63) is 38.9 Å². The number of carboxylic acid groups (broad SMARTS) is 1. The average Bonchev–Trinajstić information content (AvgIpc) is 3.62. The minimum absolute atomic E-state index is 0.0474. The lowest BCUT2D eigenvalue weighted by atomic mass is 10.0. The van der Waals surface area contributed by atoms with Crippen LogP contribution in [0.4, 0.5) is 19.3 Å². The van der Waals surface area contributed by atoms with Crippen LogP contribution in [0.5, 0.6) is 0 Å². The van der Waals surface area contributed by atoms with Crippen molar-refractivity contribution in [1.82, 2.24) is 9.88 Å². The van der Waals surface area contributed by atoms with Gasteiger partial charge in [-0.05, 0) is 39.7 Å². The largest absolute Gasteiger partial charge is 0.477 e. The maximum atomic E-state index is 15.4. The van der Waals surface area contributed by atoms with Gasteiger partial charge in [-0.15, -0.1) is 0 Å². The van der Waals surface area contributed by atoms with Crippen LogP contribution in [0.3, 0.4) is 0 Å². The summed E-state index contributed by atoms with van der Waals surface area (Å²) in [4.78, 5) is 38.5. The number of rotatable bonds is 4. The number of carbonyl (C=O) groups excluding carboxylic acids is 1. The number of carboxylic acids is 1. The zero-order valence-corrected chi connectivity index (χ0v) is 20.3. The molecule has 0 bridgehead atoms. The number of amides is 1. The van der Waals surface area contributed by atoms with Crippen LogP contribution >= 0.6 is 11.6 Å². The zero-order chi connectivity index (χ0) is 25.4. The van der Waals surface area contributed by atoms with E-state index in [0.29, 0.717) is 6.54 Å². The van der Waals surface area contributed by atoms with E-state index in [1.165, 1.54) is 4.57 Å². The van der Waals surface area contributed by atoms with Crippen molar-refractivity contribution in [3.63, 3.8) is 0 Å². The van der Waals surface area contributed by atoms with Crippen LogP contribution in [0.15, 0.2) is 17.1 Å². The second-order valence-corrected chi connectivity index (χ2v) is 11.1. The van der Waals surface area contributed by atoms with Gasteiger partial charge in [-0.25, -0.2) is 18.4 Å². The molecule has 2 aromatic rings. The fraction of sp³-hybridized carbons (Fsp3) is 0.542. The third kappa shape index (κ3) is 4.11. The Morgan fingerprint density at radius 3 is 2.51 bits per heavy atom. The number of hydrogen-bond acceptors (Lipinski definition) is 5. The van der Waals surface area contributed by atoms with Crippen molar-refractivity contribution in [2.75, 3.05) is 18.0 Å². The molecule has 188 valence electrons. The molecule has 35 heavy (non-hydrogen) atoms. The Labute approximate surface area is 204 Å². The summed E-state index contributed by atoms with van der Waals surface area (Å²) >= 11 is 6.69. The van der Waals surface area contributed by atoms with Gasteiger partial charge in [0, 0.05) is 31.1 Å². The molecule has 11 heteroatoms. The Morgan fingerprint density at radius 1 is 1.31 bits per heavy atom. The van der Waals surface area contributed by atoms with Gasteiger partial charge < -0.3 is 24.6 Å². The van der Waals surface area contributed by atoms with E-state index in [0.717, 1.165) is 25.1 Å². The molecule has 3 atom stereocenters. The monoisotopic (exact) mass is 509 g/mol. The number of halogens is 3. The number of alkyl carbamates (subject to hydrolysis) is 1. The van der Waals surface area contributed by atoms with Gasteiger partial charge in [0.1, 0.15) is 23.2 Å². The van der Waals surface area contributed by atoms with E-state index in [2.05, 4.69) is 5.32 Å². The van der Waals surface area contributed by atoms with E-state index < -0.39 is 46.7 Å². The molecular formula is C24H26ClF2N3O5. The third-order valence-electron chi connectivity index (χ3n) is 7.00. The summed E-state index contributed by atoms with van der Waals surface area (Å²) in [5.74, 6) is -2.26. The molecule has 1 amide bonds. The lowest BCUT2D eigenvalue weighted by Gasteiger charge is -2.24. The van der Waals surface area contributed by atoms with Crippen LogP contribution in [-0.2, 0) is 4.74 Å². The zero-order valence-electron chi connectivity index (χ0n) is 19.5. The van der Waals surface area contributed by atoms with Gasteiger partial charge in [-0.2, -0.15) is 0 Å². The molecule has 5 rings (SSSR count). The summed E-state index contributed by atoms with van der Waals surface area (Å²) in [6.07, 6.45) is 1.15. The predicted octanol–water partition coefficient (Wildman–Crippen LogP) is 4.27. The maximum absolute atomic E-state index is 15.4. The summed E-state index contributed by atoms with van der Waals surface area (Å²) < 4.78 is 36.2. The summed E-state index contributed by atoms with van der Waals surface area (Å²) in [6.45, 7) is 6.00. The first kappa shape index (κ1) is 23.8. The number of alkyl halides is 1. The van der Waals surface area contributed by atoms with Gasteiger partial charge in [0.15, 0.2) is 0 Å². The quantitative estimate of drug-likeness (QED) is 0.638. The number of benzene rings is 1. The summed E-state index contributed by atoms with van der Waals surface area (Å²) in [5, 5.41) is 12.0. The summed E-state index contributed by atoms with van der Waals surface area (Å²) in [6, 6.07) is 0.00623. The van der Waals surface area contributed by atoms with Crippen molar-refractivity contribution in [1.29, 1.82) is 0 Å². The highest BCUT2D eigenvalue weighted by atomic mass is 35.5. The van der Waals surface area contributed by atoms with Crippen LogP contribution in [-0.4, -0.2) is 52.6 Å². The molecule has 3 fully saturated rings. The first-order chi connectivity index (χ1) is 16.3. The molecule has 1 aromatic carbocycles. The van der Waals surface area contributed by atoms with E-state index in [1.807, 2.05) is 0 Å². The topological polar surface area (TPSA) is 101 Å². The van der Waals surface area contributed by atoms with Crippen LogP contribution in [0, 0.1) is 11.2 Å². The molecule has 3 aliphatic rings. The number of aromatic nitrogens is 1. The van der Waals surface area contributed by atoms with Crippen molar-refractivity contribution in [3.8, 4) is 0 Å². The molecule has 1 aromatic heterocycles. The van der Waals surface area contributed by atoms with E-state index in [-0.39, 0.29) is 46.0 Å². The van der Waals surface area contributed by atoms with Gasteiger partial charge in [0.25, 0.3) is 0 Å². The molecule has 1 saturated heterocycles. The van der Waals surface area contributed by atoms with Crippen LogP contribution in [0.2, 0.25) is 5.02 Å². The Balaban J connectivity index is 1.55. The molecule has 1 spiro atoms. The second kappa shape index (κ2) is 7.81. The minimum atomic E-state index is -1.48. The van der Waals surface area contributed by atoms with Gasteiger partial charge in [0.2, 0.25) is 5.43 Å². The predicted molar refractivity (Wildman–Crippen MR) is 126 cm³/mol. The van der Waals surface area contributed by atoms with E-state index in [4.69, 9.17) is 16.3 Å². The van der Waals surface area contributed by atoms with Gasteiger partial charge in [-0.3, -0.25) is 4.79 Å². The third-order valence-corrected chi connectivity index (χ3v) is 7.36. The maximum Gasteiger partial charge on any atom is 0.407 e. The van der Waals surface area contributed by atoms with Crippen LogP contribution < -0.4 is 15.6 Å².